The van der Waals surface area contributed by atoms with Crippen LogP contribution in [-0.4, -0.2) is 39.5 Å². The minimum Gasteiger partial charge on any atom is -0.368 e. The summed E-state index contributed by atoms with van der Waals surface area (Å²) in [7, 11) is 0. The summed E-state index contributed by atoms with van der Waals surface area (Å²) in [5.41, 5.74) is 2.29. The van der Waals surface area contributed by atoms with Crippen molar-refractivity contribution in [3.8, 4) is 0 Å². The molecule has 0 bridgehead atoms. The lowest BCUT2D eigenvalue weighted by Gasteiger charge is -2.37. The molecule has 0 saturated carbocycles. The zero-order chi connectivity index (χ0) is 21.7. The molecular formula is C23H24F2N6. The van der Waals surface area contributed by atoms with Gasteiger partial charge in [-0.3, -0.25) is 0 Å². The van der Waals surface area contributed by atoms with Crippen LogP contribution in [0, 0.1) is 18.6 Å². The van der Waals surface area contributed by atoms with Crippen LogP contribution in [0.4, 0.5) is 26.0 Å². The van der Waals surface area contributed by atoms with E-state index in [9.17, 15) is 4.39 Å². The van der Waals surface area contributed by atoms with Crippen LogP contribution >= 0.6 is 0 Å². The van der Waals surface area contributed by atoms with Crippen LogP contribution in [0.1, 0.15) is 19.5 Å². The van der Waals surface area contributed by atoms with Gasteiger partial charge < -0.3 is 19.9 Å². The first-order valence-corrected chi connectivity index (χ1v) is 10.4. The molecular weight excluding hydrogens is 398 g/mol. The fourth-order valence-corrected chi connectivity index (χ4v) is 4.45. The highest BCUT2D eigenvalue weighted by molar-refractivity contribution is 5.95. The lowest BCUT2D eigenvalue weighted by molar-refractivity contribution is 0.407. The lowest BCUT2D eigenvalue weighted by atomic mass is 10.1. The molecule has 4 heterocycles. The first-order valence-electron chi connectivity index (χ1n) is 10.4. The van der Waals surface area contributed by atoms with E-state index in [0.717, 1.165) is 29.9 Å². The van der Waals surface area contributed by atoms with Crippen molar-refractivity contribution in [2.45, 2.75) is 32.9 Å². The van der Waals surface area contributed by atoms with Crippen molar-refractivity contribution in [2.24, 2.45) is 0 Å². The molecule has 8 heteroatoms. The number of halogens is 2. The van der Waals surface area contributed by atoms with Gasteiger partial charge in [0.1, 0.15) is 11.6 Å². The Morgan fingerprint density at radius 3 is 2.61 bits per heavy atom. The van der Waals surface area contributed by atoms with Crippen molar-refractivity contribution < 1.29 is 8.78 Å². The molecule has 4 aromatic rings. The number of nitrogens with one attached hydrogen (secondary N) is 2. The van der Waals surface area contributed by atoms with Crippen molar-refractivity contribution in [2.75, 3.05) is 23.3 Å². The highest BCUT2D eigenvalue weighted by atomic mass is 19.1. The van der Waals surface area contributed by atoms with Crippen LogP contribution in [0.25, 0.3) is 16.4 Å². The Labute approximate surface area is 178 Å². The first kappa shape index (κ1) is 19.7. The Balaban J connectivity index is 1.53. The summed E-state index contributed by atoms with van der Waals surface area (Å²) in [6.45, 7) is 7.69. The maximum atomic E-state index is 15.3. The molecule has 2 atom stereocenters. The van der Waals surface area contributed by atoms with Crippen LogP contribution in [0.2, 0.25) is 0 Å². The van der Waals surface area contributed by atoms with E-state index in [-0.39, 0.29) is 11.5 Å². The average Bonchev–Trinajstić information content (AvgIpc) is 3.08. The smallest absolute Gasteiger partial charge is 0.173 e. The summed E-state index contributed by atoms with van der Waals surface area (Å²) in [5, 5.41) is 7.69. The highest BCUT2D eigenvalue weighted by Gasteiger charge is 2.22. The van der Waals surface area contributed by atoms with E-state index in [2.05, 4.69) is 39.3 Å². The molecule has 6 nitrogen and oxygen atoms in total. The van der Waals surface area contributed by atoms with Gasteiger partial charge in [-0.2, -0.15) is 0 Å². The fraction of sp³-hybridized carbons (Fsp3) is 0.304. The summed E-state index contributed by atoms with van der Waals surface area (Å²) in [4.78, 5) is 10.7. The molecule has 0 amide bonds. The zero-order valence-corrected chi connectivity index (χ0v) is 17.7. The summed E-state index contributed by atoms with van der Waals surface area (Å²) in [6.07, 6.45) is 5.09. The van der Waals surface area contributed by atoms with Gasteiger partial charge >= 0.3 is 0 Å². The molecule has 2 N–H and O–H groups in total. The molecule has 1 aliphatic heterocycles. The second-order valence-electron chi connectivity index (χ2n) is 8.37. The van der Waals surface area contributed by atoms with Crippen molar-refractivity contribution in [1.82, 2.24) is 19.7 Å². The van der Waals surface area contributed by atoms with Gasteiger partial charge in [-0.1, -0.05) is 0 Å². The summed E-state index contributed by atoms with van der Waals surface area (Å²) in [6, 6.07) is 7.34. The third-order valence-electron chi connectivity index (χ3n) is 5.61. The Hall–Kier alpha value is -3.26. The van der Waals surface area contributed by atoms with E-state index in [0.29, 0.717) is 29.0 Å². The molecule has 1 fully saturated rings. The van der Waals surface area contributed by atoms with Crippen LogP contribution < -0.4 is 15.5 Å². The monoisotopic (exact) mass is 422 g/mol. The number of hydrogen-bond acceptors (Lipinski definition) is 5. The maximum absolute atomic E-state index is 15.3. The molecule has 3 aromatic heterocycles. The van der Waals surface area contributed by atoms with Crippen LogP contribution in [0.15, 0.2) is 42.9 Å². The fourth-order valence-electron chi connectivity index (χ4n) is 4.45. The Morgan fingerprint density at radius 2 is 1.84 bits per heavy atom. The minimum absolute atomic E-state index is 0.254. The molecule has 160 valence electrons. The third kappa shape index (κ3) is 3.67. The quantitative estimate of drug-likeness (QED) is 0.513. The van der Waals surface area contributed by atoms with Crippen molar-refractivity contribution in [3.63, 3.8) is 0 Å². The van der Waals surface area contributed by atoms with E-state index in [1.165, 1.54) is 6.07 Å². The summed E-state index contributed by atoms with van der Waals surface area (Å²) in [5.74, 6) is -0.468. The lowest BCUT2D eigenvalue weighted by Crippen LogP contribution is -2.54. The standard InChI is InChI=1S/C23H24F2N6/c1-13-9-30(10-14(2)27-13)18-6-16-4-5-26-22(21(16)19(24)8-18)29-17-7-20(25)23-28-15(3)11-31(23)12-17/h4-8,11-14,27H,9-10H2,1-3H3,(H,26,29)/t13-,14-/m0/s1. The van der Waals surface area contributed by atoms with Gasteiger partial charge in [0.05, 0.1) is 16.8 Å². The molecule has 0 spiro atoms. The normalized spacial score (nSPS) is 19.3. The second-order valence-corrected chi connectivity index (χ2v) is 8.37. The largest absolute Gasteiger partial charge is 0.368 e. The Kier molecular flexibility index (Phi) is 4.74. The molecule has 1 aromatic carbocycles. The van der Waals surface area contributed by atoms with E-state index in [4.69, 9.17) is 0 Å². The summed E-state index contributed by atoms with van der Waals surface area (Å²) < 4.78 is 31.3. The second kappa shape index (κ2) is 7.46. The molecule has 1 saturated heterocycles. The number of imidazole rings is 1. The van der Waals surface area contributed by atoms with Gasteiger partial charge in [0, 0.05) is 55.5 Å². The minimum atomic E-state index is -0.456. The highest BCUT2D eigenvalue weighted by Crippen LogP contribution is 2.32. The predicted octanol–water partition coefficient (Wildman–Crippen LogP) is 4.40. The van der Waals surface area contributed by atoms with E-state index in [1.54, 1.807) is 42.0 Å². The van der Waals surface area contributed by atoms with Crippen molar-refractivity contribution in [3.05, 3.63) is 60.2 Å². The number of piperazine rings is 1. The number of rotatable bonds is 3. The maximum Gasteiger partial charge on any atom is 0.173 e. The van der Waals surface area contributed by atoms with Gasteiger partial charge in [-0.25, -0.2) is 18.7 Å². The Morgan fingerprint density at radius 1 is 1.06 bits per heavy atom. The predicted molar refractivity (Wildman–Crippen MR) is 119 cm³/mol. The first-order chi connectivity index (χ1) is 14.9. The van der Waals surface area contributed by atoms with Gasteiger partial charge in [0.2, 0.25) is 0 Å². The number of fused-ring (bicyclic) bond motifs is 2. The topological polar surface area (TPSA) is 57.5 Å². The third-order valence-corrected chi connectivity index (χ3v) is 5.61. The van der Waals surface area contributed by atoms with Crippen molar-refractivity contribution >= 4 is 33.6 Å². The van der Waals surface area contributed by atoms with E-state index < -0.39 is 5.82 Å². The molecule has 5 rings (SSSR count). The summed E-state index contributed by atoms with van der Waals surface area (Å²) >= 11 is 0. The number of benzene rings is 1. The van der Waals surface area contributed by atoms with Gasteiger partial charge in [-0.05, 0) is 44.4 Å². The average molecular weight is 422 g/mol. The molecule has 0 aliphatic carbocycles. The van der Waals surface area contributed by atoms with Gasteiger partial charge in [0.25, 0.3) is 0 Å². The number of nitrogens with zero attached hydrogens (tertiary/aromatic N) is 4. The Bertz CT molecular complexity index is 1270. The van der Waals surface area contributed by atoms with Crippen LogP contribution in [0.3, 0.4) is 0 Å². The number of hydrogen-bond donors (Lipinski definition) is 2. The number of aromatic nitrogens is 3. The van der Waals surface area contributed by atoms with Crippen molar-refractivity contribution in [1.29, 1.82) is 0 Å². The van der Waals surface area contributed by atoms with E-state index in [1.807, 2.05) is 6.07 Å². The number of aryl methyl sites for hydroxylation is 1. The zero-order valence-electron chi connectivity index (χ0n) is 17.7. The van der Waals surface area contributed by atoms with Crippen LogP contribution in [0.5, 0.6) is 0 Å². The van der Waals surface area contributed by atoms with E-state index >= 15 is 4.39 Å². The van der Waals surface area contributed by atoms with Gasteiger partial charge in [0.15, 0.2) is 11.5 Å². The number of pyridine rings is 2. The molecule has 0 radical (unpaired) electrons. The SMILES string of the molecule is Cc1cn2cc(Nc3nccc4cc(N5C[C@H](C)N[C@@H](C)C5)cc(F)c34)cc(F)c2n1. The van der Waals surface area contributed by atoms with Gasteiger partial charge in [-0.15, -0.1) is 0 Å². The molecule has 31 heavy (non-hydrogen) atoms. The molecule has 0 unspecified atom stereocenters. The van der Waals surface area contributed by atoms with Crippen LogP contribution in [-0.2, 0) is 0 Å². The molecule has 1 aliphatic rings. The number of anilines is 3.